The number of amides is 1. The highest BCUT2D eigenvalue weighted by Gasteiger charge is 2.14. The Labute approximate surface area is 168 Å². The number of aromatic nitrogens is 1. The first-order valence-corrected chi connectivity index (χ1v) is 10.0. The average molecular weight is 394 g/mol. The minimum atomic E-state index is -0.420. The third-order valence-electron chi connectivity index (χ3n) is 4.34. The van der Waals surface area contributed by atoms with Gasteiger partial charge in [-0.1, -0.05) is 30.3 Å². The van der Waals surface area contributed by atoms with Gasteiger partial charge in [-0.05, 0) is 38.1 Å². The second kappa shape index (κ2) is 9.28. The molecule has 0 aliphatic heterocycles. The number of thiazole rings is 1. The van der Waals surface area contributed by atoms with E-state index in [1.165, 1.54) is 11.3 Å². The molecular weight excluding hydrogens is 372 g/mol. The number of ether oxygens (including phenoxy) is 1. The summed E-state index contributed by atoms with van der Waals surface area (Å²) in [5.74, 6) is -0.459. The molecule has 0 aliphatic rings. The largest absolute Gasteiger partial charge is 0.456 e. The van der Waals surface area contributed by atoms with Crippen LogP contribution in [0.4, 0.5) is 0 Å². The minimum Gasteiger partial charge on any atom is -0.456 e. The molecule has 1 amide bonds. The Balaban J connectivity index is 1.59. The first-order chi connectivity index (χ1) is 13.6. The molecule has 3 rings (SSSR count). The number of rotatable bonds is 7. The van der Waals surface area contributed by atoms with Crippen LogP contribution in [0.15, 0.2) is 60.8 Å². The van der Waals surface area contributed by atoms with Crippen molar-refractivity contribution in [3.63, 3.8) is 0 Å². The van der Waals surface area contributed by atoms with Crippen molar-refractivity contribution < 1.29 is 14.3 Å². The van der Waals surface area contributed by atoms with Crippen LogP contribution in [0.3, 0.4) is 0 Å². The summed E-state index contributed by atoms with van der Waals surface area (Å²) in [4.78, 5) is 31.6. The van der Waals surface area contributed by atoms with Crippen LogP contribution in [0.25, 0.3) is 10.6 Å². The first kappa shape index (κ1) is 19.8. The molecule has 2 aromatic carbocycles. The van der Waals surface area contributed by atoms with Gasteiger partial charge in [0.2, 0.25) is 0 Å². The van der Waals surface area contributed by atoms with Crippen molar-refractivity contribution in [1.82, 2.24) is 9.88 Å². The van der Waals surface area contributed by atoms with Gasteiger partial charge in [0.1, 0.15) is 11.6 Å². The molecule has 0 saturated heterocycles. The summed E-state index contributed by atoms with van der Waals surface area (Å²) in [5.41, 5.74) is 2.03. The van der Waals surface area contributed by atoms with E-state index in [-0.39, 0.29) is 12.5 Å². The number of carbonyl (C=O) groups is 2. The topological polar surface area (TPSA) is 59.5 Å². The van der Waals surface area contributed by atoms with E-state index >= 15 is 0 Å². The molecule has 0 bridgehead atoms. The van der Waals surface area contributed by atoms with Crippen molar-refractivity contribution in [1.29, 1.82) is 0 Å². The van der Waals surface area contributed by atoms with Gasteiger partial charge in [0.05, 0.1) is 10.4 Å². The zero-order chi connectivity index (χ0) is 19.9. The van der Waals surface area contributed by atoms with Crippen LogP contribution < -0.4 is 0 Å². The molecule has 0 N–H and O–H groups in total. The Kier molecular flexibility index (Phi) is 6.55. The second-order valence-corrected chi connectivity index (χ2v) is 7.24. The lowest BCUT2D eigenvalue weighted by atomic mass is 10.1. The van der Waals surface area contributed by atoms with E-state index in [4.69, 9.17) is 4.74 Å². The lowest BCUT2D eigenvalue weighted by Gasteiger charge is -2.18. The van der Waals surface area contributed by atoms with Crippen molar-refractivity contribution in [3.8, 4) is 10.6 Å². The maximum Gasteiger partial charge on any atom is 0.338 e. The maximum absolute atomic E-state index is 12.3. The van der Waals surface area contributed by atoms with E-state index in [2.05, 4.69) is 4.98 Å². The van der Waals surface area contributed by atoms with Crippen LogP contribution in [-0.2, 0) is 11.3 Å². The number of hydrogen-bond acceptors (Lipinski definition) is 5. The summed E-state index contributed by atoms with van der Waals surface area (Å²) in [6.45, 7) is 5.35. The average Bonchev–Trinajstić information content (AvgIpc) is 3.22. The van der Waals surface area contributed by atoms with Gasteiger partial charge in [-0.25, -0.2) is 9.78 Å². The molecule has 144 valence electrons. The van der Waals surface area contributed by atoms with Gasteiger partial charge in [-0.3, -0.25) is 4.79 Å². The van der Waals surface area contributed by atoms with Crippen molar-refractivity contribution in [2.75, 3.05) is 13.1 Å². The molecule has 0 aliphatic carbocycles. The number of nitrogens with zero attached hydrogens (tertiary/aromatic N) is 2. The van der Waals surface area contributed by atoms with Crippen LogP contribution in [-0.4, -0.2) is 34.8 Å². The van der Waals surface area contributed by atoms with Crippen molar-refractivity contribution in [3.05, 3.63) is 76.8 Å². The SMILES string of the molecule is CCN(CC)C(=O)c1ccc(C(=O)OCc2cnc(-c3ccccc3)s2)cc1. The normalized spacial score (nSPS) is 10.5. The zero-order valence-electron chi connectivity index (χ0n) is 15.9. The summed E-state index contributed by atoms with van der Waals surface area (Å²) >= 11 is 1.50. The fourth-order valence-electron chi connectivity index (χ4n) is 2.75. The molecule has 0 fully saturated rings. The molecule has 28 heavy (non-hydrogen) atoms. The predicted molar refractivity (Wildman–Crippen MR) is 110 cm³/mol. The lowest BCUT2D eigenvalue weighted by molar-refractivity contribution is 0.0476. The third kappa shape index (κ3) is 4.64. The van der Waals surface area contributed by atoms with Crippen molar-refractivity contribution in [2.45, 2.75) is 20.5 Å². The molecule has 5 nitrogen and oxygen atoms in total. The van der Waals surface area contributed by atoms with E-state index < -0.39 is 5.97 Å². The van der Waals surface area contributed by atoms with Crippen LogP contribution in [0.2, 0.25) is 0 Å². The Morgan fingerprint density at radius 3 is 2.25 bits per heavy atom. The Morgan fingerprint density at radius 2 is 1.61 bits per heavy atom. The first-order valence-electron chi connectivity index (χ1n) is 9.19. The van der Waals surface area contributed by atoms with Crippen LogP contribution >= 0.6 is 11.3 Å². The maximum atomic E-state index is 12.3. The summed E-state index contributed by atoms with van der Waals surface area (Å²) in [6.07, 6.45) is 1.73. The van der Waals surface area contributed by atoms with Gasteiger partial charge in [-0.15, -0.1) is 11.3 Å². The van der Waals surface area contributed by atoms with Gasteiger partial charge in [0.25, 0.3) is 5.91 Å². The summed E-state index contributed by atoms with van der Waals surface area (Å²) in [5, 5.41) is 0.894. The molecule has 0 spiro atoms. The fraction of sp³-hybridized carbons (Fsp3) is 0.227. The van der Waals surface area contributed by atoms with Gasteiger partial charge >= 0.3 is 5.97 Å². The Morgan fingerprint density at radius 1 is 0.964 bits per heavy atom. The van der Waals surface area contributed by atoms with Gasteiger partial charge in [0.15, 0.2) is 0 Å². The highest BCUT2D eigenvalue weighted by atomic mass is 32.1. The van der Waals surface area contributed by atoms with Crippen molar-refractivity contribution in [2.24, 2.45) is 0 Å². The summed E-state index contributed by atoms with van der Waals surface area (Å²) in [6, 6.07) is 16.5. The van der Waals surface area contributed by atoms with E-state index in [0.29, 0.717) is 24.2 Å². The van der Waals surface area contributed by atoms with Gasteiger partial charge in [0, 0.05) is 30.4 Å². The van der Waals surface area contributed by atoms with E-state index in [1.54, 1.807) is 35.4 Å². The molecule has 0 unspecified atom stereocenters. The molecule has 1 aromatic heterocycles. The number of hydrogen-bond donors (Lipinski definition) is 0. The molecule has 6 heteroatoms. The zero-order valence-corrected chi connectivity index (χ0v) is 16.7. The third-order valence-corrected chi connectivity index (χ3v) is 5.36. The second-order valence-electron chi connectivity index (χ2n) is 6.13. The van der Waals surface area contributed by atoms with E-state index in [0.717, 1.165) is 15.4 Å². The highest BCUT2D eigenvalue weighted by Crippen LogP contribution is 2.25. The van der Waals surface area contributed by atoms with Crippen LogP contribution in [0, 0.1) is 0 Å². The molecule has 0 saturated carbocycles. The van der Waals surface area contributed by atoms with E-state index in [1.807, 2.05) is 44.2 Å². The van der Waals surface area contributed by atoms with E-state index in [9.17, 15) is 9.59 Å². The molecular formula is C22H22N2O3S. The molecule has 0 radical (unpaired) electrons. The highest BCUT2D eigenvalue weighted by molar-refractivity contribution is 7.15. The minimum absolute atomic E-state index is 0.0389. The molecule has 1 heterocycles. The molecule has 3 aromatic rings. The van der Waals surface area contributed by atoms with Gasteiger partial charge < -0.3 is 9.64 Å². The smallest absolute Gasteiger partial charge is 0.338 e. The summed E-state index contributed by atoms with van der Waals surface area (Å²) < 4.78 is 5.39. The van der Waals surface area contributed by atoms with Crippen molar-refractivity contribution >= 4 is 23.2 Å². The Hall–Kier alpha value is -2.99. The Bertz CT molecular complexity index is 932. The van der Waals surface area contributed by atoms with Gasteiger partial charge in [-0.2, -0.15) is 0 Å². The number of esters is 1. The summed E-state index contributed by atoms with van der Waals surface area (Å²) in [7, 11) is 0. The fourth-order valence-corrected chi connectivity index (χ4v) is 3.58. The quantitative estimate of drug-likeness (QED) is 0.547. The number of benzene rings is 2. The molecule has 0 atom stereocenters. The standard InChI is InChI=1S/C22H22N2O3S/c1-3-24(4-2)21(25)17-10-12-18(13-11-17)22(26)27-15-19-14-23-20(28-19)16-8-6-5-7-9-16/h5-14H,3-4,15H2,1-2H3. The van der Waals surface area contributed by atoms with Crippen LogP contribution in [0.5, 0.6) is 0 Å². The van der Waals surface area contributed by atoms with Crippen LogP contribution in [0.1, 0.15) is 39.4 Å². The number of carbonyl (C=O) groups excluding carboxylic acids is 2. The monoisotopic (exact) mass is 394 g/mol. The lowest BCUT2D eigenvalue weighted by Crippen LogP contribution is -2.30. The predicted octanol–water partition coefficient (Wildman–Crippen LogP) is 4.65.